The van der Waals surface area contributed by atoms with Crippen LogP contribution in [0.2, 0.25) is 0 Å². The molecule has 0 saturated carbocycles. The van der Waals surface area contributed by atoms with Gasteiger partial charge < -0.3 is 18.4 Å². The summed E-state index contributed by atoms with van der Waals surface area (Å²) in [6.07, 6.45) is 4.33. The number of hydrogen-bond donors (Lipinski definition) is 0. The summed E-state index contributed by atoms with van der Waals surface area (Å²) in [4.78, 5) is 60.8. The molecule has 240 valence electrons. The van der Waals surface area contributed by atoms with Crippen molar-refractivity contribution in [3.63, 3.8) is 0 Å². The molecule has 4 aromatic carbocycles. The summed E-state index contributed by atoms with van der Waals surface area (Å²) in [5.74, 6) is -1.79. The minimum absolute atomic E-state index is 0.266. The van der Waals surface area contributed by atoms with Gasteiger partial charge in [-0.2, -0.15) is 5.01 Å². The second kappa shape index (κ2) is 13.5. The van der Waals surface area contributed by atoms with Gasteiger partial charge in [0.15, 0.2) is 0 Å². The van der Waals surface area contributed by atoms with E-state index in [-0.39, 0.29) is 11.5 Å². The Labute approximate surface area is 277 Å². The third-order valence-electron chi connectivity index (χ3n) is 6.60. The zero-order valence-electron chi connectivity index (χ0n) is 24.7. The molecule has 4 aromatic rings. The summed E-state index contributed by atoms with van der Waals surface area (Å²) in [5.41, 5.74) is 0. The predicted molar refractivity (Wildman–Crippen MR) is 177 cm³/mol. The number of imide groups is 2. The predicted octanol–water partition coefficient (Wildman–Crippen LogP) is 7.00. The van der Waals surface area contributed by atoms with Crippen LogP contribution >= 0.6 is 24.5 Å². The molecular formula is C32H24N5O8P3. The number of amides is 4. The Hall–Kier alpha value is -5.15. The number of carbonyl (C=O) groups excluding carboxylic acids is 4. The van der Waals surface area contributed by atoms with Gasteiger partial charge in [0.25, 0.3) is 23.6 Å². The quantitative estimate of drug-likeness (QED) is 0.126. The fraction of sp³-hybridized carbons (Fsp3) is 0. The van der Waals surface area contributed by atoms with Gasteiger partial charge in [-0.25, -0.2) is 4.67 Å². The topological polar surface area (TPSA) is 131 Å². The maximum atomic E-state index is 13.6. The number of benzene rings is 4. The highest BCUT2D eigenvalue weighted by Gasteiger charge is 2.62. The van der Waals surface area contributed by atoms with Crippen LogP contribution in [0.3, 0.4) is 0 Å². The first-order valence-electron chi connectivity index (χ1n) is 14.3. The first-order chi connectivity index (χ1) is 23.4. The molecule has 0 aliphatic carbocycles. The van der Waals surface area contributed by atoms with E-state index in [1.807, 2.05) is 6.07 Å². The summed E-state index contributed by atoms with van der Waals surface area (Å²) < 4.78 is 28.1. The fourth-order valence-electron chi connectivity index (χ4n) is 4.53. The van der Waals surface area contributed by atoms with Crippen LogP contribution in [-0.2, 0) is 19.2 Å². The van der Waals surface area contributed by atoms with Crippen molar-refractivity contribution in [2.45, 2.75) is 0 Å². The number of carbonyl (C=O) groups is 4. The molecule has 0 radical (unpaired) electrons. The van der Waals surface area contributed by atoms with Gasteiger partial charge in [-0.3, -0.25) is 19.2 Å². The second-order valence-corrected chi connectivity index (χ2v) is 15.7. The van der Waals surface area contributed by atoms with E-state index in [4.69, 9.17) is 22.9 Å². The van der Waals surface area contributed by atoms with Crippen molar-refractivity contribution in [1.82, 2.24) is 18.8 Å². The minimum atomic E-state index is -4.23. The molecule has 0 N–H and O–H groups in total. The Morgan fingerprint density at radius 3 is 1.42 bits per heavy atom. The Kier molecular flexibility index (Phi) is 8.86. The van der Waals surface area contributed by atoms with Crippen molar-refractivity contribution in [3.05, 3.63) is 146 Å². The van der Waals surface area contributed by atoms with Crippen molar-refractivity contribution < 1.29 is 37.6 Å². The highest BCUT2D eigenvalue weighted by atomic mass is 31.3. The summed E-state index contributed by atoms with van der Waals surface area (Å²) in [6.45, 7) is 0. The first kappa shape index (κ1) is 31.4. The molecule has 0 saturated heterocycles. The standard InChI is InChI=1S/C32H24N5O8P3/c38-29-21-22-30(39)34(29)36-47(35-31(40)23-24-32(35)41)37(42-25-13-5-1-6-14-25)46(43-26-15-7-2-8-16-26)33-48(36,44-27-17-9-3-10-18-27)45-28-19-11-4-12-20-28/h1-24H. The number of hydrazine groups is 1. The van der Waals surface area contributed by atoms with Crippen LogP contribution in [0.4, 0.5) is 0 Å². The number of nitrogens with zero attached hydrogens (tertiary/aromatic N) is 5. The molecule has 0 spiro atoms. The van der Waals surface area contributed by atoms with Crippen molar-refractivity contribution in [1.29, 1.82) is 0 Å². The van der Waals surface area contributed by atoms with E-state index >= 15 is 0 Å². The molecule has 3 aliphatic heterocycles. The molecule has 16 heteroatoms. The normalized spacial score (nSPS) is 20.6. The lowest BCUT2D eigenvalue weighted by Gasteiger charge is -2.49. The second-order valence-electron chi connectivity index (χ2n) is 9.88. The maximum Gasteiger partial charge on any atom is 0.430 e. The van der Waals surface area contributed by atoms with Crippen LogP contribution in [-0.4, -0.2) is 42.5 Å². The van der Waals surface area contributed by atoms with Crippen LogP contribution < -0.4 is 18.4 Å². The van der Waals surface area contributed by atoms with Crippen LogP contribution in [0.25, 0.3) is 0 Å². The van der Waals surface area contributed by atoms with Gasteiger partial charge in [0.05, 0.1) is 0 Å². The van der Waals surface area contributed by atoms with Crippen molar-refractivity contribution in [2.75, 3.05) is 0 Å². The van der Waals surface area contributed by atoms with Gasteiger partial charge in [0.1, 0.15) is 23.0 Å². The Morgan fingerprint density at radius 1 is 0.521 bits per heavy atom. The van der Waals surface area contributed by atoms with Crippen molar-refractivity contribution in [2.24, 2.45) is 4.52 Å². The van der Waals surface area contributed by atoms with Crippen LogP contribution in [0.5, 0.6) is 23.0 Å². The minimum Gasteiger partial charge on any atom is -0.437 e. The molecule has 0 bridgehead atoms. The van der Waals surface area contributed by atoms with Gasteiger partial charge >= 0.3 is 16.1 Å². The van der Waals surface area contributed by atoms with E-state index in [1.54, 1.807) is 115 Å². The van der Waals surface area contributed by atoms with E-state index < -0.39 is 48.1 Å². The lowest BCUT2D eigenvalue weighted by Crippen LogP contribution is -2.51. The summed E-state index contributed by atoms with van der Waals surface area (Å²) >= 11 is 0. The van der Waals surface area contributed by atoms with Crippen LogP contribution in [0.1, 0.15) is 0 Å². The van der Waals surface area contributed by atoms with Crippen LogP contribution in [0, 0.1) is 0 Å². The molecule has 2 unspecified atom stereocenters. The van der Waals surface area contributed by atoms with Gasteiger partial charge in [-0.1, -0.05) is 72.8 Å². The summed E-state index contributed by atoms with van der Waals surface area (Å²) in [5, 5.41) is 0.768. The Morgan fingerprint density at radius 2 is 0.938 bits per heavy atom. The van der Waals surface area contributed by atoms with Gasteiger partial charge in [0, 0.05) is 24.3 Å². The Balaban J connectivity index is 1.53. The van der Waals surface area contributed by atoms with E-state index in [2.05, 4.69) is 0 Å². The fourth-order valence-corrected chi connectivity index (χ4v) is 13.1. The highest BCUT2D eigenvalue weighted by molar-refractivity contribution is 7.79. The Bertz CT molecular complexity index is 1890. The van der Waals surface area contributed by atoms with Crippen molar-refractivity contribution >= 4 is 48.1 Å². The van der Waals surface area contributed by atoms with Gasteiger partial charge in [-0.05, 0) is 57.7 Å². The number of para-hydroxylation sites is 4. The van der Waals surface area contributed by atoms with Crippen LogP contribution in [0.15, 0.2) is 150 Å². The van der Waals surface area contributed by atoms with Crippen molar-refractivity contribution in [3.8, 4) is 23.0 Å². The lowest BCUT2D eigenvalue weighted by atomic mass is 10.3. The smallest absolute Gasteiger partial charge is 0.430 e. The summed E-state index contributed by atoms with van der Waals surface area (Å²) in [7, 11) is -9.34. The SMILES string of the molecule is O=C1C=CC(=O)N1N1P(N2C(=O)C=CC2=O)N(Oc2ccccc2)P(Oc2ccccc2)N=P1(Oc1ccccc1)Oc1ccccc1. The van der Waals surface area contributed by atoms with E-state index in [1.165, 1.54) is 4.60 Å². The average Bonchev–Trinajstić information content (AvgIpc) is 3.62. The summed E-state index contributed by atoms with van der Waals surface area (Å²) in [6, 6.07) is 34.4. The zero-order valence-corrected chi connectivity index (χ0v) is 27.4. The monoisotopic (exact) mass is 699 g/mol. The largest absolute Gasteiger partial charge is 0.437 e. The molecule has 48 heavy (non-hydrogen) atoms. The number of rotatable bonds is 10. The van der Waals surface area contributed by atoms with E-state index in [0.717, 1.165) is 38.5 Å². The third kappa shape index (κ3) is 6.25. The molecule has 7 rings (SSSR count). The molecule has 13 nitrogen and oxygen atoms in total. The molecule has 4 amide bonds. The third-order valence-corrected chi connectivity index (χ3v) is 14.1. The highest BCUT2D eigenvalue weighted by Crippen LogP contribution is 2.79. The van der Waals surface area contributed by atoms with Gasteiger partial charge in [-0.15, -0.1) is 4.52 Å². The molecule has 2 atom stereocenters. The molecule has 3 aliphatic rings. The number of hydrogen-bond acceptors (Lipinski definition) is 11. The lowest BCUT2D eigenvalue weighted by molar-refractivity contribution is -0.146. The maximum absolute atomic E-state index is 13.6. The van der Waals surface area contributed by atoms with E-state index in [9.17, 15) is 19.2 Å². The molecular weight excluding hydrogens is 675 g/mol. The zero-order chi connectivity index (χ0) is 33.1. The molecule has 0 aromatic heterocycles. The molecule has 3 heterocycles. The average molecular weight is 699 g/mol. The van der Waals surface area contributed by atoms with E-state index in [0.29, 0.717) is 11.5 Å². The van der Waals surface area contributed by atoms with Gasteiger partial charge in [0.2, 0.25) is 8.37 Å². The molecule has 0 fully saturated rings. The first-order valence-corrected chi connectivity index (χ1v) is 18.2.